The van der Waals surface area contributed by atoms with Crippen LogP contribution in [-0.4, -0.2) is 8.42 Å². The van der Waals surface area contributed by atoms with Gasteiger partial charge >= 0.3 is 0 Å². The highest BCUT2D eigenvalue weighted by Gasteiger charge is 2.02. The summed E-state index contributed by atoms with van der Waals surface area (Å²) in [6, 6.07) is 4.33. The lowest BCUT2D eigenvalue weighted by molar-refractivity contribution is 0.622. The highest BCUT2D eigenvalue weighted by Crippen LogP contribution is 2.19. The Bertz CT molecular complexity index is 468. The van der Waals surface area contributed by atoms with E-state index in [4.69, 9.17) is 0 Å². The summed E-state index contributed by atoms with van der Waals surface area (Å²) in [5.74, 6) is 0. The highest BCUT2D eigenvalue weighted by atomic mass is 32.2. The quantitative estimate of drug-likeness (QED) is 0.630. The SMILES string of the molecule is CCCCCc1cc(C)c(/C=C/[SH](=O)=O)c(C)c1. The molecule has 0 radical (unpaired) electrons. The molecule has 0 amide bonds. The van der Waals surface area contributed by atoms with Gasteiger partial charge in [-0.05, 0) is 55.0 Å². The van der Waals surface area contributed by atoms with Gasteiger partial charge in [-0.3, -0.25) is 0 Å². The number of benzene rings is 1. The van der Waals surface area contributed by atoms with Crippen LogP contribution in [0.4, 0.5) is 0 Å². The summed E-state index contributed by atoms with van der Waals surface area (Å²) in [5.41, 5.74) is 4.67. The smallest absolute Gasteiger partial charge is 0.161 e. The maximum Gasteiger partial charge on any atom is 0.161 e. The van der Waals surface area contributed by atoms with Gasteiger partial charge in [0.25, 0.3) is 0 Å². The van der Waals surface area contributed by atoms with Gasteiger partial charge in [0.15, 0.2) is 10.7 Å². The minimum absolute atomic E-state index is 1.02. The van der Waals surface area contributed by atoms with Gasteiger partial charge in [-0.1, -0.05) is 31.9 Å². The van der Waals surface area contributed by atoms with Crippen molar-refractivity contribution in [2.75, 3.05) is 0 Å². The highest BCUT2D eigenvalue weighted by molar-refractivity contribution is 7.75. The fraction of sp³-hybridized carbons (Fsp3) is 0.467. The first-order valence-corrected chi connectivity index (χ1v) is 7.71. The molecule has 0 unspecified atom stereocenters. The van der Waals surface area contributed by atoms with Crippen molar-refractivity contribution in [3.05, 3.63) is 39.8 Å². The molecule has 0 spiro atoms. The van der Waals surface area contributed by atoms with Crippen LogP contribution in [0.25, 0.3) is 6.08 Å². The Balaban J connectivity index is 2.90. The van der Waals surface area contributed by atoms with Gasteiger partial charge in [0.05, 0.1) is 0 Å². The van der Waals surface area contributed by atoms with Gasteiger partial charge in [0, 0.05) is 5.41 Å². The van der Waals surface area contributed by atoms with Crippen LogP contribution in [0.15, 0.2) is 17.5 Å². The van der Waals surface area contributed by atoms with Crippen LogP contribution >= 0.6 is 0 Å². The molecule has 0 aliphatic rings. The maximum atomic E-state index is 10.6. The lowest BCUT2D eigenvalue weighted by Gasteiger charge is -2.09. The topological polar surface area (TPSA) is 34.1 Å². The molecule has 0 fully saturated rings. The Labute approximate surface area is 112 Å². The zero-order valence-electron chi connectivity index (χ0n) is 11.4. The Morgan fingerprint density at radius 3 is 2.22 bits per heavy atom. The minimum atomic E-state index is -2.45. The molecule has 1 aromatic carbocycles. The summed E-state index contributed by atoms with van der Waals surface area (Å²) in [6.07, 6.45) is 6.50. The molecule has 1 rings (SSSR count). The van der Waals surface area contributed by atoms with Crippen molar-refractivity contribution >= 4 is 16.8 Å². The van der Waals surface area contributed by atoms with Crippen LogP contribution in [-0.2, 0) is 17.1 Å². The average molecular weight is 266 g/mol. The molecule has 0 heterocycles. The van der Waals surface area contributed by atoms with E-state index in [1.807, 2.05) is 13.8 Å². The van der Waals surface area contributed by atoms with E-state index < -0.39 is 10.7 Å². The normalized spacial score (nSPS) is 11.6. The summed E-state index contributed by atoms with van der Waals surface area (Å²) in [6.45, 7) is 6.27. The molecule has 0 aliphatic heterocycles. The van der Waals surface area contributed by atoms with Crippen molar-refractivity contribution < 1.29 is 8.42 Å². The maximum absolute atomic E-state index is 10.6. The summed E-state index contributed by atoms with van der Waals surface area (Å²) >= 11 is 0. The molecule has 0 atom stereocenters. The minimum Gasteiger partial charge on any atom is -0.227 e. The molecular formula is C15H22O2S. The largest absolute Gasteiger partial charge is 0.227 e. The van der Waals surface area contributed by atoms with Crippen molar-refractivity contribution in [2.45, 2.75) is 46.5 Å². The Kier molecular flexibility index (Phi) is 6.13. The molecule has 0 aliphatic carbocycles. The molecule has 1 aromatic rings. The van der Waals surface area contributed by atoms with E-state index in [9.17, 15) is 8.42 Å². The molecular weight excluding hydrogens is 244 g/mol. The Hall–Kier alpha value is -1.09. The fourth-order valence-electron chi connectivity index (χ4n) is 2.19. The van der Waals surface area contributed by atoms with E-state index in [1.54, 1.807) is 6.08 Å². The first kappa shape index (κ1) is 15.0. The van der Waals surface area contributed by atoms with Crippen molar-refractivity contribution in [3.8, 4) is 0 Å². The van der Waals surface area contributed by atoms with Crippen molar-refractivity contribution in [1.82, 2.24) is 0 Å². The molecule has 0 bridgehead atoms. The van der Waals surface area contributed by atoms with E-state index in [0.29, 0.717) is 0 Å². The number of unbranched alkanes of at least 4 members (excludes halogenated alkanes) is 2. The average Bonchev–Trinajstić information content (AvgIpc) is 2.28. The van der Waals surface area contributed by atoms with E-state index >= 15 is 0 Å². The third-order valence-corrected chi connectivity index (χ3v) is 3.48. The second-order valence-electron chi connectivity index (χ2n) is 4.70. The third-order valence-electron chi connectivity index (χ3n) is 3.09. The lowest BCUT2D eigenvalue weighted by Crippen LogP contribution is -1.93. The molecule has 3 heteroatoms. The molecule has 0 aromatic heterocycles. The number of aryl methyl sites for hydroxylation is 3. The second kappa shape index (κ2) is 7.37. The van der Waals surface area contributed by atoms with Crippen molar-refractivity contribution in [1.29, 1.82) is 0 Å². The summed E-state index contributed by atoms with van der Waals surface area (Å²) < 4.78 is 21.2. The van der Waals surface area contributed by atoms with Gasteiger partial charge in [0.2, 0.25) is 0 Å². The second-order valence-corrected chi connectivity index (χ2v) is 5.57. The predicted octanol–water partition coefficient (Wildman–Crippen LogP) is 3.62. The lowest BCUT2D eigenvalue weighted by atomic mass is 9.97. The molecule has 2 nitrogen and oxygen atoms in total. The summed E-state index contributed by atoms with van der Waals surface area (Å²) in [4.78, 5) is 0. The molecule has 0 N–H and O–H groups in total. The van der Waals surface area contributed by atoms with Crippen LogP contribution in [0.5, 0.6) is 0 Å². The number of hydrogen-bond acceptors (Lipinski definition) is 2. The van der Waals surface area contributed by atoms with Crippen LogP contribution in [0.3, 0.4) is 0 Å². The molecule has 100 valence electrons. The predicted molar refractivity (Wildman–Crippen MR) is 78.5 cm³/mol. The van der Waals surface area contributed by atoms with E-state index in [2.05, 4.69) is 19.1 Å². The van der Waals surface area contributed by atoms with Crippen LogP contribution in [0, 0.1) is 13.8 Å². The van der Waals surface area contributed by atoms with Gasteiger partial charge in [0.1, 0.15) is 0 Å². The Morgan fingerprint density at radius 1 is 1.11 bits per heavy atom. The van der Waals surface area contributed by atoms with Gasteiger partial charge in [-0.15, -0.1) is 0 Å². The van der Waals surface area contributed by atoms with E-state index in [0.717, 1.165) is 23.1 Å². The first-order chi connectivity index (χ1) is 8.54. The standard InChI is InChI=1S/C15H22O2S/c1-4-5-6-7-14-10-12(2)15(13(3)11-14)8-9-18(16)17/h8-11,18H,4-7H2,1-3H3/b9-8+. The number of thiol groups is 1. The summed E-state index contributed by atoms with van der Waals surface area (Å²) in [7, 11) is -2.45. The van der Waals surface area contributed by atoms with Crippen molar-refractivity contribution in [3.63, 3.8) is 0 Å². The van der Waals surface area contributed by atoms with E-state index in [-0.39, 0.29) is 0 Å². The zero-order valence-corrected chi connectivity index (χ0v) is 12.3. The molecule has 0 saturated carbocycles. The van der Waals surface area contributed by atoms with Gasteiger partial charge in [-0.25, -0.2) is 8.42 Å². The van der Waals surface area contributed by atoms with E-state index in [1.165, 1.54) is 30.2 Å². The fourth-order valence-corrected chi connectivity index (χ4v) is 2.46. The summed E-state index contributed by atoms with van der Waals surface area (Å²) in [5, 5.41) is 1.24. The molecule has 0 saturated heterocycles. The monoisotopic (exact) mass is 266 g/mol. The number of hydrogen-bond donors (Lipinski definition) is 1. The first-order valence-electron chi connectivity index (χ1n) is 6.46. The van der Waals surface area contributed by atoms with Crippen LogP contribution < -0.4 is 0 Å². The van der Waals surface area contributed by atoms with Crippen molar-refractivity contribution in [2.24, 2.45) is 0 Å². The molecule has 18 heavy (non-hydrogen) atoms. The van der Waals surface area contributed by atoms with Crippen LogP contribution in [0.2, 0.25) is 0 Å². The van der Waals surface area contributed by atoms with Gasteiger partial charge in [-0.2, -0.15) is 0 Å². The van der Waals surface area contributed by atoms with Crippen LogP contribution in [0.1, 0.15) is 48.4 Å². The third kappa shape index (κ3) is 4.65. The Morgan fingerprint density at radius 2 is 1.72 bits per heavy atom. The zero-order chi connectivity index (χ0) is 13.5. The van der Waals surface area contributed by atoms with Gasteiger partial charge < -0.3 is 0 Å². The number of rotatable bonds is 6.